The van der Waals surface area contributed by atoms with E-state index < -0.39 is 0 Å². The van der Waals surface area contributed by atoms with Gasteiger partial charge in [0.05, 0.1) is 35.3 Å². The lowest BCUT2D eigenvalue weighted by Gasteiger charge is -2.06. The van der Waals surface area contributed by atoms with Crippen molar-refractivity contribution < 1.29 is 0 Å². The van der Waals surface area contributed by atoms with Crippen molar-refractivity contribution in [1.82, 2.24) is 19.3 Å². The van der Waals surface area contributed by atoms with Gasteiger partial charge in [0, 0.05) is 6.54 Å². The summed E-state index contributed by atoms with van der Waals surface area (Å²) in [6.07, 6.45) is 2.88. The van der Waals surface area contributed by atoms with E-state index in [4.69, 9.17) is 0 Å². The van der Waals surface area contributed by atoms with Crippen LogP contribution in [0.1, 0.15) is 25.2 Å². The number of fused-ring (bicyclic) bond motifs is 1. The van der Waals surface area contributed by atoms with Crippen LogP contribution in [0, 0.1) is 0 Å². The predicted molar refractivity (Wildman–Crippen MR) is 76.1 cm³/mol. The molecule has 0 atom stereocenters. The third-order valence-corrected chi connectivity index (χ3v) is 3.44. The van der Waals surface area contributed by atoms with Crippen molar-refractivity contribution in [1.29, 1.82) is 0 Å². The number of imidazole rings is 1. The molecule has 0 amide bonds. The van der Waals surface area contributed by atoms with Gasteiger partial charge in [0.15, 0.2) is 0 Å². The van der Waals surface area contributed by atoms with Crippen molar-refractivity contribution >= 4 is 11.0 Å². The molecule has 0 N–H and O–H groups in total. The molecule has 98 valence electrons. The number of nitrogens with zero attached hydrogens (tertiary/aromatic N) is 4. The highest BCUT2D eigenvalue weighted by molar-refractivity contribution is 5.75. The van der Waals surface area contributed by atoms with E-state index >= 15 is 0 Å². The van der Waals surface area contributed by atoms with Gasteiger partial charge >= 0.3 is 0 Å². The van der Waals surface area contributed by atoms with Crippen molar-refractivity contribution in [3.8, 4) is 0 Å². The highest BCUT2D eigenvalue weighted by Crippen LogP contribution is 2.15. The molecule has 0 fully saturated rings. The third kappa shape index (κ3) is 2.14. The monoisotopic (exact) mass is 254 g/mol. The highest BCUT2D eigenvalue weighted by Gasteiger charge is 2.08. The van der Waals surface area contributed by atoms with Gasteiger partial charge in [-0.25, -0.2) is 4.98 Å². The van der Waals surface area contributed by atoms with Crippen LogP contribution in [0.3, 0.4) is 0 Å². The molecule has 0 spiro atoms. The molecule has 2 aromatic heterocycles. The van der Waals surface area contributed by atoms with E-state index in [1.165, 1.54) is 11.2 Å². The molecule has 0 unspecified atom stereocenters. The summed E-state index contributed by atoms with van der Waals surface area (Å²) in [4.78, 5) is 4.43. The average Bonchev–Trinajstić information content (AvgIpc) is 3.04. The van der Waals surface area contributed by atoms with Crippen LogP contribution in [-0.2, 0) is 19.5 Å². The van der Waals surface area contributed by atoms with E-state index in [0.717, 1.165) is 30.7 Å². The minimum Gasteiger partial charge on any atom is -0.325 e. The van der Waals surface area contributed by atoms with Gasteiger partial charge in [-0.05, 0) is 31.5 Å². The fraction of sp³-hybridized carbons (Fsp3) is 0.333. The molecule has 0 aliphatic heterocycles. The zero-order valence-corrected chi connectivity index (χ0v) is 11.4. The molecule has 0 bridgehead atoms. The van der Waals surface area contributed by atoms with E-state index in [2.05, 4.69) is 51.4 Å². The minimum atomic E-state index is 0.821. The SMILES string of the molecule is CCc1cc(Cn2cnc3ccccc32)n(CC)n1. The van der Waals surface area contributed by atoms with Gasteiger partial charge < -0.3 is 4.57 Å². The number of rotatable bonds is 4. The largest absolute Gasteiger partial charge is 0.325 e. The summed E-state index contributed by atoms with van der Waals surface area (Å²) in [5.41, 5.74) is 4.61. The van der Waals surface area contributed by atoms with Gasteiger partial charge in [-0.2, -0.15) is 5.10 Å². The van der Waals surface area contributed by atoms with E-state index in [-0.39, 0.29) is 0 Å². The fourth-order valence-corrected chi connectivity index (χ4v) is 2.40. The normalized spacial score (nSPS) is 11.3. The Morgan fingerprint density at radius 2 is 2.00 bits per heavy atom. The summed E-state index contributed by atoms with van der Waals surface area (Å²) in [6, 6.07) is 10.4. The van der Waals surface area contributed by atoms with E-state index in [1.54, 1.807) is 0 Å². The van der Waals surface area contributed by atoms with Crippen LogP contribution in [-0.4, -0.2) is 19.3 Å². The topological polar surface area (TPSA) is 35.6 Å². The van der Waals surface area contributed by atoms with E-state index in [1.807, 2.05) is 18.5 Å². The Balaban J connectivity index is 1.98. The molecule has 0 radical (unpaired) electrons. The lowest BCUT2D eigenvalue weighted by molar-refractivity contribution is 0.598. The van der Waals surface area contributed by atoms with Crippen LogP contribution in [0.2, 0.25) is 0 Å². The Bertz CT molecular complexity index is 693. The van der Waals surface area contributed by atoms with Crippen molar-refractivity contribution in [2.75, 3.05) is 0 Å². The molecule has 3 rings (SSSR count). The molecule has 19 heavy (non-hydrogen) atoms. The number of para-hydroxylation sites is 2. The summed E-state index contributed by atoms with van der Waals surface area (Å²) in [5.74, 6) is 0. The molecule has 1 aromatic carbocycles. The van der Waals surface area contributed by atoms with Crippen molar-refractivity contribution in [2.45, 2.75) is 33.4 Å². The van der Waals surface area contributed by atoms with Gasteiger partial charge in [-0.3, -0.25) is 4.68 Å². The number of aryl methyl sites for hydroxylation is 2. The molecule has 3 aromatic rings. The molecule has 2 heterocycles. The molecule has 0 aliphatic carbocycles. The Hall–Kier alpha value is -2.10. The van der Waals surface area contributed by atoms with Crippen molar-refractivity contribution in [3.05, 3.63) is 48.0 Å². The van der Waals surface area contributed by atoms with Crippen LogP contribution in [0.15, 0.2) is 36.7 Å². The minimum absolute atomic E-state index is 0.821. The Labute approximate surface area is 112 Å². The number of benzene rings is 1. The van der Waals surface area contributed by atoms with Gasteiger partial charge in [0.25, 0.3) is 0 Å². The number of hydrogen-bond donors (Lipinski definition) is 0. The first-order valence-corrected chi connectivity index (χ1v) is 6.77. The standard InChI is InChI=1S/C15H18N4/c1-3-12-9-13(19(4-2)17-12)10-18-11-16-14-7-5-6-8-15(14)18/h5-9,11H,3-4,10H2,1-2H3. The first kappa shape index (κ1) is 12.0. The second kappa shape index (κ2) is 4.88. The Kier molecular flexibility index (Phi) is 3.07. The summed E-state index contributed by atoms with van der Waals surface area (Å²) in [7, 11) is 0. The quantitative estimate of drug-likeness (QED) is 0.717. The van der Waals surface area contributed by atoms with Gasteiger partial charge in [-0.15, -0.1) is 0 Å². The summed E-state index contributed by atoms with van der Waals surface area (Å²) in [5, 5.41) is 4.59. The molecule has 0 saturated heterocycles. The molecule has 0 saturated carbocycles. The second-order valence-corrected chi connectivity index (χ2v) is 4.66. The highest BCUT2D eigenvalue weighted by atomic mass is 15.3. The third-order valence-electron chi connectivity index (χ3n) is 3.44. The van der Waals surface area contributed by atoms with Crippen LogP contribution in [0.25, 0.3) is 11.0 Å². The maximum Gasteiger partial charge on any atom is 0.0962 e. The lowest BCUT2D eigenvalue weighted by atomic mass is 10.3. The van der Waals surface area contributed by atoms with E-state index in [9.17, 15) is 0 Å². The molecular formula is C15H18N4. The zero-order valence-electron chi connectivity index (χ0n) is 11.4. The fourth-order valence-electron chi connectivity index (χ4n) is 2.40. The number of hydrogen-bond acceptors (Lipinski definition) is 2. The zero-order chi connectivity index (χ0) is 13.2. The molecular weight excluding hydrogens is 236 g/mol. The first-order valence-electron chi connectivity index (χ1n) is 6.77. The molecule has 4 heteroatoms. The summed E-state index contributed by atoms with van der Waals surface area (Å²) >= 11 is 0. The summed E-state index contributed by atoms with van der Waals surface area (Å²) < 4.78 is 4.26. The van der Waals surface area contributed by atoms with Crippen LogP contribution in [0.4, 0.5) is 0 Å². The Morgan fingerprint density at radius 3 is 2.79 bits per heavy atom. The first-order chi connectivity index (χ1) is 9.31. The average molecular weight is 254 g/mol. The predicted octanol–water partition coefficient (Wildman–Crippen LogP) is 2.86. The Morgan fingerprint density at radius 1 is 1.16 bits per heavy atom. The maximum absolute atomic E-state index is 4.59. The van der Waals surface area contributed by atoms with Gasteiger partial charge in [-0.1, -0.05) is 19.1 Å². The molecule has 4 nitrogen and oxygen atoms in total. The maximum atomic E-state index is 4.59. The van der Waals surface area contributed by atoms with E-state index in [0.29, 0.717) is 0 Å². The second-order valence-electron chi connectivity index (χ2n) is 4.66. The summed E-state index contributed by atoms with van der Waals surface area (Å²) in [6.45, 7) is 5.99. The van der Waals surface area contributed by atoms with Crippen molar-refractivity contribution in [3.63, 3.8) is 0 Å². The number of aromatic nitrogens is 4. The van der Waals surface area contributed by atoms with Crippen LogP contribution < -0.4 is 0 Å². The van der Waals surface area contributed by atoms with Gasteiger partial charge in [0.1, 0.15) is 0 Å². The molecule has 0 aliphatic rings. The lowest BCUT2D eigenvalue weighted by Crippen LogP contribution is -2.07. The van der Waals surface area contributed by atoms with Gasteiger partial charge in [0.2, 0.25) is 0 Å². The smallest absolute Gasteiger partial charge is 0.0962 e. The van der Waals surface area contributed by atoms with Crippen molar-refractivity contribution in [2.24, 2.45) is 0 Å². The van der Waals surface area contributed by atoms with Crippen LogP contribution in [0.5, 0.6) is 0 Å². The van der Waals surface area contributed by atoms with Crippen LogP contribution >= 0.6 is 0 Å².